The number of carbonyl (C=O) groups is 1. The molecule has 1 aromatic carbocycles. The van der Waals surface area contributed by atoms with Gasteiger partial charge in [0.2, 0.25) is 0 Å². The number of hydrogen-bond acceptors (Lipinski definition) is 2. The molecule has 0 bridgehead atoms. The van der Waals surface area contributed by atoms with E-state index >= 15 is 0 Å². The third-order valence-electron chi connectivity index (χ3n) is 1.23. The van der Waals surface area contributed by atoms with Gasteiger partial charge >= 0.3 is 0 Å². The van der Waals surface area contributed by atoms with Crippen molar-refractivity contribution in [2.24, 2.45) is 0 Å². The first-order chi connectivity index (χ1) is 5.24. The Morgan fingerprint density at radius 1 is 1.36 bits per heavy atom. The van der Waals surface area contributed by atoms with Crippen molar-refractivity contribution in [3.63, 3.8) is 0 Å². The van der Waals surface area contributed by atoms with Gasteiger partial charge < -0.3 is 9.90 Å². The molecular weight excluding hydrogens is 142 g/mol. The van der Waals surface area contributed by atoms with Gasteiger partial charge in [0.15, 0.2) is 5.69 Å². The maximum absolute atomic E-state index is 10.2. The Balaban J connectivity index is 3.03. The van der Waals surface area contributed by atoms with Crippen LogP contribution in [0.5, 0.6) is 0 Å². The molecule has 0 aliphatic heterocycles. The fourth-order valence-corrected chi connectivity index (χ4v) is 0.672. The molecule has 0 aromatic heterocycles. The molecule has 0 fully saturated rings. The van der Waals surface area contributed by atoms with Crippen molar-refractivity contribution in [2.75, 3.05) is 0 Å². The van der Waals surface area contributed by atoms with Gasteiger partial charge in [-0.15, -0.1) is 0 Å². The predicted octanol–water partition coefficient (Wildman–Crippen LogP) is 0.601. The normalized spacial score (nSPS) is 8.64. The Bertz CT molecular complexity index is 308. The number of rotatable bonds is 1. The number of carboxylic acid groups (broad SMARTS) is 1. The van der Waals surface area contributed by atoms with E-state index < -0.39 is 5.97 Å². The molecule has 0 heterocycles. The average Bonchev–Trinajstić information content (AvgIpc) is 2.05. The Hall–Kier alpha value is -1.82. The summed E-state index contributed by atoms with van der Waals surface area (Å²) in [5, 5.41) is 10.2. The standard InChI is InChI=1S/C8H5NO2/c1-9-7-4-2-6(3-5-7)8(10)11/h2-5H,(H,10,11)/p-1. The maximum Gasteiger partial charge on any atom is 0.187 e. The number of aromatic carboxylic acids is 1. The number of nitrogens with zero attached hydrogens (tertiary/aromatic N) is 1. The summed E-state index contributed by atoms with van der Waals surface area (Å²) in [7, 11) is 0. The second-order valence-electron chi connectivity index (χ2n) is 1.95. The largest absolute Gasteiger partial charge is 0.545 e. The highest BCUT2D eigenvalue weighted by Gasteiger charge is 1.92. The average molecular weight is 146 g/mol. The van der Waals surface area contributed by atoms with E-state index in [1.54, 1.807) is 0 Å². The van der Waals surface area contributed by atoms with Crippen LogP contribution in [0.3, 0.4) is 0 Å². The summed E-state index contributed by atoms with van der Waals surface area (Å²) in [5.74, 6) is -1.22. The van der Waals surface area contributed by atoms with Gasteiger partial charge in [-0.25, -0.2) is 4.85 Å². The number of carboxylic acids is 1. The zero-order valence-corrected chi connectivity index (χ0v) is 5.57. The summed E-state index contributed by atoms with van der Waals surface area (Å²) in [6.07, 6.45) is 0. The van der Waals surface area contributed by atoms with Gasteiger partial charge in [0.25, 0.3) is 0 Å². The highest BCUT2D eigenvalue weighted by molar-refractivity contribution is 5.86. The molecule has 0 amide bonds. The van der Waals surface area contributed by atoms with Crippen molar-refractivity contribution in [3.05, 3.63) is 41.2 Å². The quantitative estimate of drug-likeness (QED) is 0.544. The Labute approximate surface area is 63.7 Å². The van der Waals surface area contributed by atoms with Gasteiger partial charge in [0.05, 0.1) is 12.5 Å². The maximum atomic E-state index is 10.2. The van der Waals surface area contributed by atoms with Crippen LogP contribution in [0.2, 0.25) is 0 Å². The molecule has 0 atom stereocenters. The van der Waals surface area contributed by atoms with Gasteiger partial charge in [-0.3, -0.25) is 0 Å². The van der Waals surface area contributed by atoms with E-state index in [1.807, 2.05) is 0 Å². The molecule has 1 rings (SSSR count). The van der Waals surface area contributed by atoms with Crippen LogP contribution >= 0.6 is 0 Å². The van der Waals surface area contributed by atoms with Gasteiger partial charge in [0.1, 0.15) is 0 Å². The van der Waals surface area contributed by atoms with Crippen molar-refractivity contribution in [3.8, 4) is 0 Å². The lowest BCUT2D eigenvalue weighted by molar-refractivity contribution is -0.255. The molecule has 0 unspecified atom stereocenters. The van der Waals surface area contributed by atoms with Gasteiger partial charge in [0, 0.05) is 0 Å². The second kappa shape index (κ2) is 2.84. The van der Waals surface area contributed by atoms with Crippen molar-refractivity contribution in [2.45, 2.75) is 0 Å². The zero-order chi connectivity index (χ0) is 8.27. The van der Waals surface area contributed by atoms with Crippen molar-refractivity contribution >= 4 is 11.7 Å². The molecular formula is C8H4NO2-. The lowest BCUT2D eigenvalue weighted by Crippen LogP contribution is -2.21. The summed E-state index contributed by atoms with van der Waals surface area (Å²) in [5.41, 5.74) is 0.521. The van der Waals surface area contributed by atoms with Crippen LogP contribution < -0.4 is 5.11 Å². The minimum atomic E-state index is -1.22. The molecule has 3 nitrogen and oxygen atoms in total. The molecule has 11 heavy (non-hydrogen) atoms. The molecule has 0 aliphatic rings. The van der Waals surface area contributed by atoms with Crippen molar-refractivity contribution < 1.29 is 9.90 Å². The number of benzene rings is 1. The van der Waals surface area contributed by atoms with Gasteiger partial charge in [-0.05, 0) is 5.56 Å². The minimum Gasteiger partial charge on any atom is -0.545 e. The second-order valence-corrected chi connectivity index (χ2v) is 1.95. The highest BCUT2D eigenvalue weighted by Crippen LogP contribution is 2.11. The van der Waals surface area contributed by atoms with E-state index in [9.17, 15) is 9.90 Å². The van der Waals surface area contributed by atoms with Crippen molar-refractivity contribution in [1.82, 2.24) is 0 Å². The van der Waals surface area contributed by atoms with Crippen LogP contribution in [-0.4, -0.2) is 5.97 Å². The van der Waals surface area contributed by atoms with Gasteiger partial charge in [-0.2, -0.15) is 0 Å². The first-order valence-corrected chi connectivity index (χ1v) is 2.93. The third kappa shape index (κ3) is 1.55. The van der Waals surface area contributed by atoms with E-state index in [-0.39, 0.29) is 5.56 Å². The Morgan fingerprint density at radius 3 is 2.27 bits per heavy atom. The molecule has 0 spiro atoms. The number of hydrogen-bond donors (Lipinski definition) is 0. The molecule has 0 N–H and O–H groups in total. The molecule has 0 saturated heterocycles. The summed E-state index contributed by atoms with van der Waals surface area (Å²) in [6, 6.07) is 5.59. The molecule has 54 valence electrons. The van der Waals surface area contributed by atoms with Crippen LogP contribution in [0, 0.1) is 6.57 Å². The van der Waals surface area contributed by atoms with Crippen molar-refractivity contribution in [1.29, 1.82) is 0 Å². The lowest BCUT2D eigenvalue weighted by atomic mass is 10.2. The van der Waals surface area contributed by atoms with E-state index in [0.29, 0.717) is 5.69 Å². The van der Waals surface area contributed by atoms with Crippen LogP contribution in [0.25, 0.3) is 4.85 Å². The smallest absolute Gasteiger partial charge is 0.187 e. The van der Waals surface area contributed by atoms with Crippen LogP contribution in [-0.2, 0) is 0 Å². The van der Waals surface area contributed by atoms with Crippen LogP contribution in [0.15, 0.2) is 24.3 Å². The van der Waals surface area contributed by atoms with Crippen LogP contribution in [0.4, 0.5) is 5.69 Å². The van der Waals surface area contributed by atoms with E-state index in [1.165, 1.54) is 24.3 Å². The molecule has 3 heteroatoms. The first-order valence-electron chi connectivity index (χ1n) is 2.93. The Kier molecular flexibility index (Phi) is 1.88. The third-order valence-corrected chi connectivity index (χ3v) is 1.23. The topological polar surface area (TPSA) is 44.5 Å². The molecule has 1 aromatic rings. The molecule has 0 saturated carbocycles. The summed E-state index contributed by atoms with van der Waals surface area (Å²) >= 11 is 0. The zero-order valence-electron chi connectivity index (χ0n) is 5.57. The number of carbonyl (C=O) groups excluding carboxylic acids is 1. The first kappa shape index (κ1) is 7.29. The summed E-state index contributed by atoms with van der Waals surface area (Å²) < 4.78 is 0. The molecule has 0 radical (unpaired) electrons. The Morgan fingerprint density at radius 2 is 1.91 bits per heavy atom. The van der Waals surface area contributed by atoms with E-state index in [2.05, 4.69) is 4.85 Å². The fraction of sp³-hybridized carbons (Fsp3) is 0. The minimum absolute atomic E-state index is 0.0948. The van der Waals surface area contributed by atoms with Crippen LogP contribution in [0.1, 0.15) is 10.4 Å². The summed E-state index contributed by atoms with van der Waals surface area (Å²) in [6.45, 7) is 6.58. The highest BCUT2D eigenvalue weighted by atomic mass is 16.4. The van der Waals surface area contributed by atoms with E-state index in [0.717, 1.165) is 0 Å². The SMILES string of the molecule is [C-]#[N+]c1ccc(C(=O)[O-])cc1. The summed E-state index contributed by atoms with van der Waals surface area (Å²) in [4.78, 5) is 13.3. The molecule has 0 aliphatic carbocycles. The van der Waals surface area contributed by atoms with Gasteiger partial charge in [-0.1, -0.05) is 24.3 Å². The monoisotopic (exact) mass is 146 g/mol. The fourth-order valence-electron chi connectivity index (χ4n) is 0.672. The van der Waals surface area contributed by atoms with E-state index in [4.69, 9.17) is 6.57 Å². The lowest BCUT2D eigenvalue weighted by Gasteiger charge is -1.99. The predicted molar refractivity (Wildman–Crippen MR) is 37.0 cm³/mol.